The molecule has 3 saturated heterocycles. The van der Waals surface area contributed by atoms with Gasteiger partial charge in [-0.3, -0.25) is 9.69 Å². The number of ether oxygens (including phenoxy) is 1. The van der Waals surface area contributed by atoms with Crippen LogP contribution < -0.4 is 5.32 Å². The lowest BCUT2D eigenvalue weighted by molar-refractivity contribution is -0.134. The quantitative estimate of drug-likeness (QED) is 0.796. The predicted octanol–water partition coefficient (Wildman–Crippen LogP) is 1.45. The fourth-order valence-electron chi connectivity index (χ4n) is 4.21. The Labute approximate surface area is 138 Å². The van der Waals surface area contributed by atoms with Crippen molar-refractivity contribution in [2.75, 3.05) is 32.8 Å². The molecule has 6 nitrogen and oxygen atoms in total. The van der Waals surface area contributed by atoms with E-state index in [0.29, 0.717) is 5.92 Å². The zero-order valence-electron chi connectivity index (χ0n) is 14.5. The topological polar surface area (TPSA) is 61.9 Å². The standard InChI is InChI=1S/C17H29N3O3/c1-12(2)20-15(21)17(3,18-16(20)22)14-5-4-7-19(10-14)9-13-6-8-23-11-13/h12-14H,4-11H2,1-3H3,(H,18,22)/t13-,14+,17-/m1/s1. The predicted molar refractivity (Wildman–Crippen MR) is 87.0 cm³/mol. The van der Waals surface area contributed by atoms with Gasteiger partial charge >= 0.3 is 6.03 Å². The highest BCUT2D eigenvalue weighted by atomic mass is 16.5. The van der Waals surface area contributed by atoms with E-state index in [1.165, 1.54) is 4.90 Å². The molecule has 0 aromatic heterocycles. The van der Waals surface area contributed by atoms with E-state index < -0.39 is 5.54 Å². The molecule has 0 unspecified atom stereocenters. The minimum atomic E-state index is -0.758. The van der Waals surface area contributed by atoms with Gasteiger partial charge in [0.15, 0.2) is 0 Å². The minimum Gasteiger partial charge on any atom is -0.381 e. The molecule has 3 rings (SSSR count). The third-order valence-electron chi connectivity index (χ3n) is 5.63. The second kappa shape index (κ2) is 6.40. The van der Waals surface area contributed by atoms with Gasteiger partial charge in [-0.25, -0.2) is 4.79 Å². The first-order valence-electron chi connectivity index (χ1n) is 8.87. The Morgan fingerprint density at radius 3 is 2.74 bits per heavy atom. The molecule has 0 aliphatic carbocycles. The Hall–Kier alpha value is -1.14. The summed E-state index contributed by atoms with van der Waals surface area (Å²) in [5.74, 6) is 0.731. The molecular weight excluding hydrogens is 294 g/mol. The molecular formula is C17H29N3O3. The number of likely N-dealkylation sites (tertiary alicyclic amines) is 1. The van der Waals surface area contributed by atoms with Crippen LogP contribution in [0.15, 0.2) is 0 Å². The number of urea groups is 1. The minimum absolute atomic E-state index is 0.0615. The Morgan fingerprint density at radius 1 is 1.35 bits per heavy atom. The van der Waals surface area contributed by atoms with Gasteiger partial charge in [0.1, 0.15) is 5.54 Å². The fraction of sp³-hybridized carbons (Fsp3) is 0.882. The Bertz CT molecular complexity index is 476. The lowest BCUT2D eigenvalue weighted by Gasteiger charge is -2.40. The zero-order valence-corrected chi connectivity index (χ0v) is 14.5. The van der Waals surface area contributed by atoms with E-state index in [4.69, 9.17) is 4.74 Å². The lowest BCUT2D eigenvalue weighted by Crippen LogP contribution is -2.56. The zero-order chi connectivity index (χ0) is 16.6. The summed E-state index contributed by atoms with van der Waals surface area (Å²) in [7, 11) is 0. The first kappa shape index (κ1) is 16.7. The van der Waals surface area contributed by atoms with E-state index >= 15 is 0 Å². The third kappa shape index (κ3) is 3.11. The van der Waals surface area contributed by atoms with Crippen LogP contribution in [-0.4, -0.2) is 66.2 Å². The number of nitrogens with zero attached hydrogens (tertiary/aromatic N) is 2. The number of hydrogen-bond donors (Lipinski definition) is 1. The van der Waals surface area contributed by atoms with Gasteiger partial charge in [0.25, 0.3) is 5.91 Å². The molecule has 0 aromatic rings. The molecule has 1 N–H and O–H groups in total. The summed E-state index contributed by atoms with van der Waals surface area (Å²) < 4.78 is 5.47. The van der Waals surface area contributed by atoms with Gasteiger partial charge in [-0.05, 0) is 52.5 Å². The van der Waals surface area contributed by atoms with Crippen LogP contribution in [0.5, 0.6) is 0 Å². The molecule has 23 heavy (non-hydrogen) atoms. The fourth-order valence-corrected chi connectivity index (χ4v) is 4.21. The van der Waals surface area contributed by atoms with Gasteiger partial charge in [0.2, 0.25) is 0 Å². The average Bonchev–Trinajstić information content (AvgIpc) is 3.07. The SMILES string of the molecule is CC(C)N1C(=O)N[C@](C)([C@H]2CCCN(C[C@H]3CCOC3)C2)C1=O. The van der Waals surface area contributed by atoms with Gasteiger partial charge in [-0.1, -0.05) is 0 Å². The van der Waals surface area contributed by atoms with Crippen LogP contribution in [0.4, 0.5) is 4.79 Å². The normalized spacial score (nSPS) is 36.1. The van der Waals surface area contributed by atoms with Crippen molar-refractivity contribution < 1.29 is 14.3 Å². The highest BCUT2D eigenvalue weighted by Gasteiger charge is 2.53. The number of imide groups is 1. The van der Waals surface area contributed by atoms with E-state index in [1.54, 1.807) is 0 Å². The van der Waals surface area contributed by atoms with Crippen LogP contribution in [0.25, 0.3) is 0 Å². The number of nitrogens with one attached hydrogen (secondary N) is 1. The van der Waals surface area contributed by atoms with Gasteiger partial charge in [-0.2, -0.15) is 0 Å². The van der Waals surface area contributed by atoms with Crippen LogP contribution in [0, 0.1) is 11.8 Å². The highest BCUT2D eigenvalue weighted by Crippen LogP contribution is 2.33. The number of rotatable bonds is 4. The van der Waals surface area contributed by atoms with Crippen molar-refractivity contribution in [2.24, 2.45) is 11.8 Å². The number of carbonyl (C=O) groups is 2. The highest BCUT2D eigenvalue weighted by molar-refractivity contribution is 6.07. The molecule has 3 fully saturated rings. The maximum atomic E-state index is 12.8. The van der Waals surface area contributed by atoms with Crippen molar-refractivity contribution in [3.8, 4) is 0 Å². The number of carbonyl (C=O) groups excluding carboxylic acids is 2. The summed E-state index contributed by atoms with van der Waals surface area (Å²) in [6.07, 6.45) is 3.21. The summed E-state index contributed by atoms with van der Waals surface area (Å²) in [5, 5.41) is 2.98. The average molecular weight is 323 g/mol. The Morgan fingerprint density at radius 2 is 2.13 bits per heavy atom. The maximum absolute atomic E-state index is 12.8. The molecule has 3 aliphatic rings. The van der Waals surface area contributed by atoms with Gasteiger partial charge in [0, 0.05) is 31.7 Å². The van der Waals surface area contributed by atoms with E-state index in [9.17, 15) is 9.59 Å². The second-order valence-electron chi connectivity index (χ2n) is 7.73. The number of piperidine rings is 1. The smallest absolute Gasteiger partial charge is 0.325 e. The van der Waals surface area contributed by atoms with Gasteiger partial charge in [-0.15, -0.1) is 0 Å². The van der Waals surface area contributed by atoms with Crippen molar-refractivity contribution in [1.29, 1.82) is 0 Å². The van der Waals surface area contributed by atoms with Crippen molar-refractivity contribution in [3.63, 3.8) is 0 Å². The third-order valence-corrected chi connectivity index (χ3v) is 5.63. The lowest BCUT2D eigenvalue weighted by atomic mass is 9.79. The molecule has 130 valence electrons. The Balaban J connectivity index is 1.67. The van der Waals surface area contributed by atoms with Gasteiger partial charge < -0.3 is 15.0 Å². The summed E-state index contributed by atoms with van der Waals surface area (Å²) in [6, 6.07) is -0.339. The summed E-state index contributed by atoms with van der Waals surface area (Å²) >= 11 is 0. The summed E-state index contributed by atoms with van der Waals surface area (Å²) in [6.45, 7) is 10.4. The molecule has 0 bridgehead atoms. The molecule has 6 heteroatoms. The molecule has 0 aromatic carbocycles. The number of hydrogen-bond acceptors (Lipinski definition) is 4. The van der Waals surface area contributed by atoms with Crippen molar-refractivity contribution >= 4 is 11.9 Å². The van der Waals surface area contributed by atoms with E-state index in [1.807, 2.05) is 20.8 Å². The van der Waals surface area contributed by atoms with Crippen LogP contribution in [-0.2, 0) is 9.53 Å². The van der Waals surface area contributed by atoms with Crippen LogP contribution >= 0.6 is 0 Å². The molecule has 3 amide bonds. The molecule has 0 spiro atoms. The van der Waals surface area contributed by atoms with E-state index in [-0.39, 0.29) is 23.9 Å². The number of amides is 3. The summed E-state index contributed by atoms with van der Waals surface area (Å²) in [5.41, 5.74) is -0.758. The van der Waals surface area contributed by atoms with E-state index in [0.717, 1.165) is 52.1 Å². The first-order chi connectivity index (χ1) is 10.9. The molecule has 3 atom stereocenters. The van der Waals surface area contributed by atoms with Crippen LogP contribution in [0.1, 0.15) is 40.0 Å². The molecule has 0 saturated carbocycles. The van der Waals surface area contributed by atoms with Crippen molar-refractivity contribution in [1.82, 2.24) is 15.1 Å². The first-order valence-corrected chi connectivity index (χ1v) is 8.87. The van der Waals surface area contributed by atoms with Crippen molar-refractivity contribution in [3.05, 3.63) is 0 Å². The van der Waals surface area contributed by atoms with E-state index in [2.05, 4.69) is 10.2 Å². The summed E-state index contributed by atoms with van der Waals surface area (Å²) in [4.78, 5) is 28.9. The van der Waals surface area contributed by atoms with Gasteiger partial charge in [0.05, 0.1) is 6.61 Å². The Kier molecular flexibility index (Phi) is 4.65. The largest absolute Gasteiger partial charge is 0.381 e. The monoisotopic (exact) mass is 323 g/mol. The maximum Gasteiger partial charge on any atom is 0.325 e. The molecule has 0 radical (unpaired) electrons. The second-order valence-corrected chi connectivity index (χ2v) is 7.73. The van der Waals surface area contributed by atoms with Crippen molar-refractivity contribution in [2.45, 2.75) is 51.6 Å². The molecule has 3 heterocycles. The van der Waals surface area contributed by atoms with Crippen LogP contribution in [0.2, 0.25) is 0 Å². The van der Waals surface area contributed by atoms with Crippen LogP contribution in [0.3, 0.4) is 0 Å². The molecule has 3 aliphatic heterocycles.